The third-order valence-corrected chi connectivity index (χ3v) is 3.78. The number of halogens is 1. The van der Waals surface area contributed by atoms with Crippen LogP contribution in [0.1, 0.15) is 25.8 Å². The van der Waals surface area contributed by atoms with Gasteiger partial charge in [-0.3, -0.25) is 4.79 Å². The Kier molecular flexibility index (Phi) is 9.87. The van der Waals surface area contributed by atoms with Gasteiger partial charge in [0, 0.05) is 24.5 Å². The molecule has 0 aromatic heterocycles. The van der Waals surface area contributed by atoms with Gasteiger partial charge in [0.25, 0.3) is 0 Å². The third-order valence-electron chi connectivity index (χ3n) is 3.54. The van der Waals surface area contributed by atoms with Gasteiger partial charge in [0.05, 0.1) is 13.2 Å². The van der Waals surface area contributed by atoms with E-state index >= 15 is 0 Å². The zero-order valence-electron chi connectivity index (χ0n) is 13.6. The van der Waals surface area contributed by atoms with Gasteiger partial charge in [0.15, 0.2) is 0 Å². The number of carbonyl (C=O) groups excluding carboxylic acids is 1. The summed E-state index contributed by atoms with van der Waals surface area (Å²) in [5.74, 6) is 0.0484. The first-order valence-electron chi connectivity index (χ1n) is 7.97. The molecule has 1 aromatic carbocycles. The first kappa shape index (κ1) is 18.9. The molecule has 1 amide bonds. The van der Waals surface area contributed by atoms with E-state index in [-0.39, 0.29) is 5.91 Å². The monoisotopic (exact) mass is 326 g/mol. The molecule has 0 atom stereocenters. The predicted molar refractivity (Wildman–Crippen MR) is 91.4 cm³/mol. The van der Waals surface area contributed by atoms with Crippen molar-refractivity contribution in [3.63, 3.8) is 0 Å². The molecule has 5 heteroatoms. The number of rotatable bonds is 11. The van der Waals surface area contributed by atoms with Gasteiger partial charge in [-0.2, -0.15) is 0 Å². The topological polar surface area (TPSA) is 41.6 Å². The minimum absolute atomic E-state index is 0.0484. The first-order valence-corrected chi connectivity index (χ1v) is 8.34. The fraction of sp³-hybridized carbons (Fsp3) is 0.588. The molecule has 0 fully saturated rings. The van der Waals surface area contributed by atoms with E-state index in [1.807, 2.05) is 24.3 Å². The van der Waals surface area contributed by atoms with Crippen LogP contribution in [0, 0.1) is 0 Å². The van der Waals surface area contributed by atoms with Crippen LogP contribution in [0.15, 0.2) is 24.3 Å². The van der Waals surface area contributed by atoms with Crippen LogP contribution in [-0.4, -0.2) is 50.2 Å². The summed E-state index contributed by atoms with van der Waals surface area (Å²) in [6, 6.07) is 7.61. The number of benzene rings is 1. The fourth-order valence-electron chi connectivity index (χ4n) is 2.14. The summed E-state index contributed by atoms with van der Waals surface area (Å²) in [5, 5.41) is 3.58. The number of nitrogens with zero attached hydrogens (tertiary/aromatic N) is 1. The van der Waals surface area contributed by atoms with Crippen LogP contribution in [0.4, 0.5) is 0 Å². The number of amides is 1. The number of hydrogen-bond acceptors (Lipinski definition) is 3. The molecule has 0 heterocycles. The fourth-order valence-corrected chi connectivity index (χ4v) is 2.35. The molecule has 0 radical (unpaired) electrons. The van der Waals surface area contributed by atoms with E-state index < -0.39 is 0 Å². The first-order chi connectivity index (χ1) is 10.7. The highest BCUT2D eigenvalue weighted by Gasteiger charge is 2.03. The van der Waals surface area contributed by atoms with Crippen LogP contribution in [0.2, 0.25) is 5.02 Å². The maximum atomic E-state index is 11.7. The maximum absolute atomic E-state index is 11.7. The molecule has 0 saturated carbocycles. The van der Waals surface area contributed by atoms with Crippen molar-refractivity contribution >= 4 is 17.5 Å². The van der Waals surface area contributed by atoms with Gasteiger partial charge in [-0.05, 0) is 37.2 Å². The highest BCUT2D eigenvalue weighted by Crippen LogP contribution is 2.11. The van der Waals surface area contributed by atoms with Crippen LogP contribution < -0.4 is 5.32 Å². The predicted octanol–water partition coefficient (Wildman–Crippen LogP) is 2.75. The van der Waals surface area contributed by atoms with Gasteiger partial charge < -0.3 is 15.0 Å². The number of likely N-dealkylation sites (N-methyl/N-ethyl adjacent to an activating group) is 1. The van der Waals surface area contributed by atoms with Crippen LogP contribution >= 0.6 is 11.6 Å². The Labute approximate surface area is 138 Å². The molecular formula is C17H27ClN2O2. The van der Waals surface area contributed by atoms with Gasteiger partial charge in [-0.1, -0.05) is 37.6 Å². The zero-order valence-corrected chi connectivity index (χ0v) is 14.4. The Bertz CT molecular complexity index is 436. The van der Waals surface area contributed by atoms with Crippen LogP contribution in [0.25, 0.3) is 0 Å². The van der Waals surface area contributed by atoms with Crippen molar-refractivity contribution in [3.8, 4) is 0 Å². The Morgan fingerprint density at radius 2 is 2.05 bits per heavy atom. The molecule has 0 aliphatic heterocycles. The lowest BCUT2D eigenvalue weighted by molar-refractivity contribution is -0.121. The second-order valence-electron chi connectivity index (χ2n) is 5.12. The van der Waals surface area contributed by atoms with Crippen LogP contribution in [0.5, 0.6) is 0 Å². The van der Waals surface area contributed by atoms with E-state index in [1.165, 1.54) is 0 Å². The molecule has 0 spiro atoms. The van der Waals surface area contributed by atoms with Crippen molar-refractivity contribution in [3.05, 3.63) is 34.9 Å². The maximum Gasteiger partial charge on any atom is 0.220 e. The standard InChI is InChI=1S/C17H27ClN2O2/c1-3-20(4-2)11-13-22-12-10-19-17(21)9-8-15-6-5-7-16(18)14-15/h5-7,14H,3-4,8-13H2,1-2H3,(H,19,21). The SMILES string of the molecule is CCN(CC)CCOCCNC(=O)CCc1cccc(Cl)c1. The number of carbonyl (C=O) groups is 1. The quantitative estimate of drug-likeness (QED) is 0.636. The minimum Gasteiger partial charge on any atom is -0.378 e. The van der Waals surface area contributed by atoms with Crippen LogP contribution in [-0.2, 0) is 16.0 Å². The lowest BCUT2D eigenvalue weighted by atomic mass is 10.1. The van der Waals surface area contributed by atoms with E-state index in [9.17, 15) is 4.79 Å². The largest absolute Gasteiger partial charge is 0.378 e. The summed E-state index contributed by atoms with van der Waals surface area (Å²) < 4.78 is 5.52. The molecule has 1 rings (SSSR count). The second kappa shape index (κ2) is 11.5. The summed E-state index contributed by atoms with van der Waals surface area (Å²) in [6.45, 7) is 9.14. The second-order valence-corrected chi connectivity index (χ2v) is 5.56. The highest BCUT2D eigenvalue weighted by atomic mass is 35.5. The minimum atomic E-state index is 0.0484. The summed E-state index contributed by atoms with van der Waals surface area (Å²) in [5.41, 5.74) is 1.08. The molecule has 1 N–H and O–H groups in total. The molecule has 0 unspecified atom stereocenters. The lowest BCUT2D eigenvalue weighted by Gasteiger charge is -2.17. The molecule has 4 nitrogen and oxygen atoms in total. The Balaban J connectivity index is 2.04. The number of hydrogen-bond donors (Lipinski definition) is 1. The van der Waals surface area contributed by atoms with E-state index in [0.717, 1.165) is 25.2 Å². The van der Waals surface area contributed by atoms with Gasteiger partial charge in [-0.15, -0.1) is 0 Å². The van der Waals surface area contributed by atoms with Crippen LogP contribution in [0.3, 0.4) is 0 Å². The Hall–Kier alpha value is -1.10. The van der Waals surface area contributed by atoms with E-state index in [1.54, 1.807) is 0 Å². The van der Waals surface area contributed by atoms with Crippen molar-refractivity contribution in [2.45, 2.75) is 26.7 Å². The van der Waals surface area contributed by atoms with Crippen molar-refractivity contribution in [2.24, 2.45) is 0 Å². The average molecular weight is 327 g/mol. The normalized spacial score (nSPS) is 10.9. The Morgan fingerprint density at radius 3 is 2.73 bits per heavy atom. The van der Waals surface area contributed by atoms with E-state index in [0.29, 0.717) is 37.6 Å². The van der Waals surface area contributed by atoms with Crippen molar-refractivity contribution in [1.29, 1.82) is 0 Å². The summed E-state index contributed by atoms with van der Waals surface area (Å²) in [7, 11) is 0. The van der Waals surface area contributed by atoms with Crippen molar-refractivity contribution < 1.29 is 9.53 Å². The molecular weight excluding hydrogens is 300 g/mol. The summed E-state index contributed by atoms with van der Waals surface area (Å²) >= 11 is 5.91. The summed E-state index contributed by atoms with van der Waals surface area (Å²) in [4.78, 5) is 14.0. The lowest BCUT2D eigenvalue weighted by Crippen LogP contribution is -2.30. The number of aryl methyl sites for hydroxylation is 1. The van der Waals surface area contributed by atoms with Gasteiger partial charge in [-0.25, -0.2) is 0 Å². The smallest absolute Gasteiger partial charge is 0.220 e. The average Bonchev–Trinajstić information content (AvgIpc) is 2.52. The molecule has 124 valence electrons. The van der Waals surface area contributed by atoms with E-state index in [2.05, 4.69) is 24.1 Å². The molecule has 0 bridgehead atoms. The zero-order chi connectivity index (χ0) is 16.2. The molecule has 0 aliphatic carbocycles. The van der Waals surface area contributed by atoms with Crippen molar-refractivity contribution in [1.82, 2.24) is 10.2 Å². The van der Waals surface area contributed by atoms with E-state index in [4.69, 9.17) is 16.3 Å². The number of nitrogens with one attached hydrogen (secondary N) is 1. The van der Waals surface area contributed by atoms with Gasteiger partial charge in [0.1, 0.15) is 0 Å². The molecule has 0 aliphatic rings. The van der Waals surface area contributed by atoms with Crippen molar-refractivity contribution in [2.75, 3.05) is 39.4 Å². The summed E-state index contributed by atoms with van der Waals surface area (Å²) in [6.07, 6.45) is 1.18. The number of ether oxygens (including phenoxy) is 1. The highest BCUT2D eigenvalue weighted by molar-refractivity contribution is 6.30. The third kappa shape index (κ3) is 8.37. The molecule has 0 saturated heterocycles. The molecule has 22 heavy (non-hydrogen) atoms. The van der Waals surface area contributed by atoms with Gasteiger partial charge in [0.2, 0.25) is 5.91 Å². The molecule has 1 aromatic rings. The van der Waals surface area contributed by atoms with Gasteiger partial charge >= 0.3 is 0 Å². The Morgan fingerprint density at radius 1 is 1.27 bits per heavy atom.